The Bertz CT molecular complexity index is 4770. The average Bonchev–Trinajstić information content (AvgIpc) is 1.72. The topological polar surface area (TPSA) is 49.7 Å². The molecule has 0 amide bonds. The van der Waals surface area contributed by atoms with Gasteiger partial charge >= 0.3 is 0 Å². The fraction of sp³-hybridized carbons (Fsp3) is 0.359. The lowest BCUT2D eigenvalue weighted by Crippen LogP contribution is -2.45. The molecule has 19 rings (SSSR count). The summed E-state index contributed by atoms with van der Waals surface area (Å²) in [5.74, 6) is 2.44. The van der Waals surface area contributed by atoms with E-state index in [2.05, 4.69) is 199 Å². The van der Waals surface area contributed by atoms with Crippen molar-refractivity contribution in [2.45, 2.75) is 166 Å². The number of Topliss-reactive ketones (excluding diaryl/α,β-unsaturated/α-hetero) is 1. The highest BCUT2D eigenvalue weighted by molar-refractivity contribution is 6.31. The number of carbonyl (C=O) groups excluding carboxylic acids is 1. The van der Waals surface area contributed by atoms with E-state index in [1.54, 1.807) is 0 Å². The molecule has 2 fully saturated rings. The van der Waals surface area contributed by atoms with E-state index in [1.807, 2.05) is 0 Å². The number of carbonyl (C=O) groups is 1. The molecular formula is C78H73N3O. The summed E-state index contributed by atoms with van der Waals surface area (Å²) in [6, 6.07) is 37.1. The first kappa shape index (κ1) is 49.2. The highest BCUT2D eigenvalue weighted by Crippen LogP contribution is 2.62. The molecule has 0 N–H and O–H groups in total. The lowest BCUT2D eigenvalue weighted by molar-refractivity contribution is 0.0898. The van der Waals surface area contributed by atoms with Crippen LogP contribution in [-0.2, 0) is 10.8 Å². The second kappa shape index (κ2) is 16.8. The van der Waals surface area contributed by atoms with Gasteiger partial charge in [0.25, 0.3) is 0 Å². The number of rotatable bonds is 5. The van der Waals surface area contributed by atoms with Crippen molar-refractivity contribution in [2.24, 2.45) is 11.8 Å². The Morgan fingerprint density at radius 2 is 1.23 bits per heavy atom. The van der Waals surface area contributed by atoms with E-state index in [4.69, 9.17) is 0 Å². The van der Waals surface area contributed by atoms with Crippen molar-refractivity contribution in [3.63, 3.8) is 0 Å². The van der Waals surface area contributed by atoms with E-state index in [9.17, 15) is 10.1 Å². The molecule has 0 spiro atoms. The second-order valence-corrected chi connectivity index (χ2v) is 28.3. The summed E-state index contributed by atoms with van der Waals surface area (Å²) >= 11 is 0. The van der Waals surface area contributed by atoms with Crippen molar-refractivity contribution >= 4 is 88.0 Å². The first-order valence-corrected chi connectivity index (χ1v) is 31.5. The molecule has 0 aliphatic heterocycles. The maximum atomic E-state index is 14.8. The lowest BCUT2D eigenvalue weighted by Gasteiger charge is -2.52. The van der Waals surface area contributed by atoms with E-state index in [0.29, 0.717) is 29.5 Å². The summed E-state index contributed by atoms with van der Waals surface area (Å²) in [6.07, 6.45) is 24.0. The molecule has 4 heterocycles. The number of hydrogen-bond donors (Lipinski definition) is 0. The summed E-state index contributed by atoms with van der Waals surface area (Å²) < 4.78 is 5.25. The monoisotopic (exact) mass is 1070 g/mol. The summed E-state index contributed by atoms with van der Waals surface area (Å²) in [4.78, 5) is 14.8. The van der Waals surface area contributed by atoms with Gasteiger partial charge in [0.1, 0.15) is 0 Å². The van der Waals surface area contributed by atoms with Gasteiger partial charge in [-0.05, 0) is 213 Å². The maximum Gasteiger partial charge on any atom is 0.166 e. The molecule has 3 atom stereocenters. The third-order valence-electron chi connectivity index (χ3n) is 22.8. The number of benzene rings is 7. The minimum atomic E-state index is -0.0336. The summed E-state index contributed by atoms with van der Waals surface area (Å²) in [5.41, 5.74) is 25.5. The average molecular weight is 1070 g/mol. The molecule has 4 aromatic heterocycles. The van der Waals surface area contributed by atoms with Crippen LogP contribution < -0.4 is 0 Å². The normalized spacial score (nSPS) is 24.9. The number of hydrogen-bond acceptors (Lipinski definition) is 2. The number of nitriles is 1. The fourth-order valence-electron chi connectivity index (χ4n) is 18.4. The van der Waals surface area contributed by atoms with Crippen LogP contribution in [-0.4, -0.2) is 14.6 Å². The molecule has 3 unspecified atom stereocenters. The van der Waals surface area contributed by atoms with Gasteiger partial charge in [0.15, 0.2) is 5.78 Å². The van der Waals surface area contributed by atoms with Crippen LogP contribution in [0.25, 0.3) is 93.4 Å². The number of nitrogens with zero attached hydrogens (tertiary/aromatic N) is 3. The molecule has 11 aromatic rings. The molecule has 7 aromatic carbocycles. The van der Waals surface area contributed by atoms with E-state index in [0.717, 1.165) is 74.4 Å². The number of ketones is 1. The van der Waals surface area contributed by atoms with Crippen LogP contribution >= 0.6 is 0 Å². The van der Waals surface area contributed by atoms with Gasteiger partial charge in [0, 0.05) is 66.4 Å². The predicted molar refractivity (Wildman–Crippen MR) is 343 cm³/mol. The molecule has 4 heteroatoms. The first-order valence-electron chi connectivity index (χ1n) is 31.5. The van der Waals surface area contributed by atoms with Gasteiger partial charge in [-0.25, -0.2) is 0 Å². The number of fused-ring (bicyclic) bond motifs is 19. The molecule has 0 radical (unpaired) electrons. The predicted octanol–water partition coefficient (Wildman–Crippen LogP) is 20.9. The maximum absolute atomic E-state index is 14.8. The van der Waals surface area contributed by atoms with Crippen LogP contribution in [0.15, 0.2) is 115 Å². The van der Waals surface area contributed by atoms with Gasteiger partial charge in [-0.3, -0.25) is 4.79 Å². The number of allylic oxidation sites excluding steroid dienone is 5. The van der Waals surface area contributed by atoms with Gasteiger partial charge in [0.05, 0.1) is 44.7 Å². The molecular weight excluding hydrogens is 995 g/mol. The van der Waals surface area contributed by atoms with Crippen LogP contribution in [0.4, 0.5) is 0 Å². The van der Waals surface area contributed by atoms with Crippen molar-refractivity contribution in [1.29, 1.82) is 5.26 Å². The van der Waals surface area contributed by atoms with E-state index >= 15 is 0 Å². The standard InChI is InChI=1S/C78H73N3O/c1-40(2)48-29-53(41(3)4)68(54(30-48)42(5)6)49-31-59-57-35-56-46-19-21-47(22-20-46)76(82)61(56)37-64(57)80-65-38-62-66(36-58(65)60(32-49)74(59)80)81-67-33-50(39-79)72-73(78(9)27-25-77(72,8)26-28-78)70(67)63-34-55-43(7)51-18-14-13-17-45(51)23-24-52(44-15-11-10-12-16-44)69(55)71(62)75(63)81/h10-15,17-18,23-24,29-38,40-44,46-47,52H,16,19-22,25-28H2,1-9H3. The van der Waals surface area contributed by atoms with Gasteiger partial charge in [-0.1, -0.05) is 135 Å². The molecule has 82 heavy (non-hydrogen) atoms. The highest BCUT2D eigenvalue weighted by Gasteiger charge is 2.51. The van der Waals surface area contributed by atoms with Gasteiger partial charge < -0.3 is 8.80 Å². The fourth-order valence-corrected chi connectivity index (χ4v) is 18.4. The third-order valence-corrected chi connectivity index (χ3v) is 22.8. The Kier molecular flexibility index (Phi) is 10.1. The quantitative estimate of drug-likeness (QED) is 0.172. The summed E-state index contributed by atoms with van der Waals surface area (Å²) in [6.45, 7) is 21.6. The molecule has 8 aliphatic carbocycles. The molecule has 8 aliphatic rings. The zero-order valence-electron chi connectivity index (χ0n) is 49.3. The zero-order chi connectivity index (χ0) is 55.7. The molecule has 406 valence electrons. The van der Waals surface area contributed by atoms with Crippen LogP contribution in [0.2, 0.25) is 0 Å². The van der Waals surface area contributed by atoms with Crippen molar-refractivity contribution in [2.75, 3.05) is 0 Å². The SMILES string of the molecule is CC(C)c1cc(C(C)C)c(-c2cc3c4cc5c(cc4n4c6cc7c8c9c(cc%10c%11c%12c(c(C#N)cc%11n(c7cc6c(c2)c34)c%108)C2(C)CCC%12(C)CC2)C(C)c2ccccc2C=CC9C2C=CC=CC2)C(=O)C2CCC5CC2)c(C(C)C)c1. The summed E-state index contributed by atoms with van der Waals surface area (Å²) in [7, 11) is 0. The Morgan fingerprint density at radius 1 is 0.598 bits per heavy atom. The van der Waals surface area contributed by atoms with E-state index < -0.39 is 0 Å². The van der Waals surface area contributed by atoms with Crippen molar-refractivity contribution < 1.29 is 4.79 Å². The minimum absolute atomic E-state index is 0.0305. The van der Waals surface area contributed by atoms with Crippen molar-refractivity contribution in [3.05, 3.63) is 182 Å². The van der Waals surface area contributed by atoms with Gasteiger partial charge in [0.2, 0.25) is 0 Å². The zero-order valence-corrected chi connectivity index (χ0v) is 49.3. The molecule has 4 bridgehead atoms. The molecule has 2 saturated carbocycles. The molecule has 0 saturated heterocycles. The summed E-state index contributed by atoms with van der Waals surface area (Å²) in [5, 5.41) is 21.8. The van der Waals surface area contributed by atoms with Crippen molar-refractivity contribution in [3.8, 4) is 17.2 Å². The third kappa shape index (κ3) is 6.31. The van der Waals surface area contributed by atoms with E-state index in [-0.39, 0.29) is 34.5 Å². The Labute approximate surface area is 481 Å². The Hall–Kier alpha value is -7.48. The van der Waals surface area contributed by atoms with Gasteiger partial charge in [-0.15, -0.1) is 0 Å². The van der Waals surface area contributed by atoms with Crippen LogP contribution in [0.5, 0.6) is 0 Å². The molecule has 4 nitrogen and oxygen atoms in total. The van der Waals surface area contributed by atoms with Crippen molar-refractivity contribution in [1.82, 2.24) is 8.80 Å². The second-order valence-electron chi connectivity index (χ2n) is 28.3. The Morgan fingerprint density at radius 3 is 1.91 bits per heavy atom. The van der Waals surface area contributed by atoms with Gasteiger partial charge in [-0.2, -0.15) is 5.26 Å². The van der Waals surface area contributed by atoms with E-state index in [1.165, 1.54) is 137 Å². The smallest absolute Gasteiger partial charge is 0.166 e. The van der Waals surface area contributed by atoms with Crippen LogP contribution in [0.3, 0.4) is 0 Å². The minimum Gasteiger partial charge on any atom is -0.308 e. The van der Waals surface area contributed by atoms with Crippen LogP contribution in [0.1, 0.15) is 227 Å². The lowest BCUT2D eigenvalue weighted by atomic mass is 9.51. The number of aromatic nitrogens is 2. The first-order chi connectivity index (χ1) is 39.6. The largest absolute Gasteiger partial charge is 0.308 e. The highest BCUT2D eigenvalue weighted by atomic mass is 16.1. The van der Waals surface area contributed by atoms with Crippen LogP contribution in [0, 0.1) is 23.2 Å². The Balaban J connectivity index is 1.08.